The highest BCUT2D eigenvalue weighted by molar-refractivity contribution is 5.83. The Hall–Kier alpha value is -1.99. The van der Waals surface area contributed by atoms with E-state index in [4.69, 9.17) is 9.47 Å². The zero-order chi connectivity index (χ0) is 11.8. The number of fused-ring (bicyclic) bond motifs is 1. The number of non-ortho nitro benzene ring substituents is 1. The maximum absolute atomic E-state index is 10.6. The molecule has 0 aliphatic carbocycles. The molecule has 0 bridgehead atoms. The van der Waals surface area contributed by atoms with Crippen LogP contribution in [0.25, 0.3) is 10.9 Å². The third kappa shape index (κ3) is 1.65. The second-order valence-corrected chi connectivity index (χ2v) is 3.67. The molecule has 1 aromatic carbocycles. The molecular weight excluding hydrogens is 226 g/mol. The first-order valence-corrected chi connectivity index (χ1v) is 5.11. The maximum Gasteiger partial charge on any atom is 0.271 e. The summed E-state index contributed by atoms with van der Waals surface area (Å²) in [4.78, 5) is 10.2. The molecule has 0 unspecified atom stereocenters. The Bertz CT molecular complexity index is 574. The van der Waals surface area contributed by atoms with Crippen LogP contribution in [0, 0.1) is 10.1 Å². The van der Waals surface area contributed by atoms with Crippen molar-refractivity contribution in [3.8, 4) is 0 Å². The van der Waals surface area contributed by atoms with Crippen molar-refractivity contribution < 1.29 is 14.4 Å². The standard InChI is InChI=1S/C10H9N3O4/c14-13(15)6-1-2-7-8(5-6)11-12-9(7)10-16-3-4-17-10/h1-2,5,10H,3-4H2,(H,11,12). The van der Waals surface area contributed by atoms with Gasteiger partial charge in [-0.25, -0.2) is 0 Å². The lowest BCUT2D eigenvalue weighted by atomic mass is 10.2. The Morgan fingerprint density at radius 1 is 1.41 bits per heavy atom. The monoisotopic (exact) mass is 235 g/mol. The van der Waals surface area contributed by atoms with Crippen molar-refractivity contribution in [1.82, 2.24) is 10.2 Å². The van der Waals surface area contributed by atoms with Gasteiger partial charge in [0.15, 0.2) is 0 Å². The summed E-state index contributed by atoms with van der Waals surface area (Å²) in [6, 6.07) is 4.51. The van der Waals surface area contributed by atoms with Gasteiger partial charge in [0.1, 0.15) is 0 Å². The SMILES string of the molecule is O=[N+]([O-])c1ccc2c(C3OCCO3)[nH]nc2c1. The van der Waals surface area contributed by atoms with E-state index in [0.29, 0.717) is 24.4 Å². The van der Waals surface area contributed by atoms with Crippen LogP contribution in [0.1, 0.15) is 12.0 Å². The first kappa shape index (κ1) is 10.2. The molecule has 88 valence electrons. The summed E-state index contributed by atoms with van der Waals surface area (Å²) in [7, 11) is 0. The van der Waals surface area contributed by atoms with Gasteiger partial charge in [0.05, 0.1) is 29.3 Å². The Morgan fingerprint density at radius 3 is 2.88 bits per heavy atom. The molecule has 1 N–H and O–H groups in total. The highest BCUT2D eigenvalue weighted by atomic mass is 16.7. The van der Waals surface area contributed by atoms with Crippen LogP contribution in [0.2, 0.25) is 0 Å². The summed E-state index contributed by atoms with van der Waals surface area (Å²) < 4.78 is 10.7. The van der Waals surface area contributed by atoms with Gasteiger partial charge in [-0.2, -0.15) is 5.10 Å². The molecule has 0 atom stereocenters. The van der Waals surface area contributed by atoms with Gasteiger partial charge in [0, 0.05) is 17.5 Å². The molecule has 7 nitrogen and oxygen atoms in total. The number of rotatable bonds is 2. The molecule has 0 saturated carbocycles. The summed E-state index contributed by atoms with van der Waals surface area (Å²) in [5.41, 5.74) is 1.25. The van der Waals surface area contributed by atoms with E-state index in [-0.39, 0.29) is 5.69 Å². The Morgan fingerprint density at radius 2 is 2.18 bits per heavy atom. The van der Waals surface area contributed by atoms with Crippen molar-refractivity contribution >= 4 is 16.6 Å². The Balaban J connectivity index is 2.07. The molecule has 1 aromatic heterocycles. The number of nitro groups is 1. The Labute approximate surface area is 95.5 Å². The zero-order valence-electron chi connectivity index (χ0n) is 8.75. The predicted octanol–water partition coefficient (Wildman–Crippen LogP) is 1.52. The minimum atomic E-state index is -0.457. The van der Waals surface area contributed by atoms with Crippen LogP contribution in [0.4, 0.5) is 5.69 Å². The van der Waals surface area contributed by atoms with Crippen molar-refractivity contribution in [3.63, 3.8) is 0 Å². The predicted molar refractivity (Wildman–Crippen MR) is 57.4 cm³/mol. The third-order valence-electron chi connectivity index (χ3n) is 2.64. The number of nitro benzene ring substituents is 1. The minimum absolute atomic E-state index is 0.0174. The molecule has 2 heterocycles. The molecule has 1 aliphatic heterocycles. The van der Waals surface area contributed by atoms with E-state index in [1.165, 1.54) is 12.1 Å². The number of aromatic nitrogens is 2. The fraction of sp³-hybridized carbons (Fsp3) is 0.300. The highest BCUT2D eigenvalue weighted by Gasteiger charge is 2.23. The number of aromatic amines is 1. The van der Waals surface area contributed by atoms with Gasteiger partial charge in [-0.05, 0) is 6.07 Å². The lowest BCUT2D eigenvalue weighted by Gasteiger charge is -2.05. The molecule has 0 spiro atoms. The smallest absolute Gasteiger partial charge is 0.271 e. The highest BCUT2D eigenvalue weighted by Crippen LogP contribution is 2.29. The van der Waals surface area contributed by atoms with Crippen LogP contribution >= 0.6 is 0 Å². The molecule has 3 rings (SSSR count). The fourth-order valence-corrected chi connectivity index (χ4v) is 1.84. The van der Waals surface area contributed by atoms with Gasteiger partial charge in [-0.3, -0.25) is 15.2 Å². The summed E-state index contributed by atoms with van der Waals surface area (Å²) in [5, 5.41) is 18.2. The van der Waals surface area contributed by atoms with Crippen molar-refractivity contribution in [2.45, 2.75) is 6.29 Å². The van der Waals surface area contributed by atoms with E-state index < -0.39 is 11.2 Å². The largest absolute Gasteiger partial charge is 0.345 e. The number of ether oxygens (including phenoxy) is 2. The van der Waals surface area contributed by atoms with Gasteiger partial charge in [-0.1, -0.05) is 0 Å². The molecule has 0 amide bonds. The molecule has 1 fully saturated rings. The second kappa shape index (κ2) is 3.79. The number of benzene rings is 1. The molecule has 1 aliphatic rings. The van der Waals surface area contributed by atoms with Crippen molar-refractivity contribution in [3.05, 3.63) is 34.0 Å². The van der Waals surface area contributed by atoms with Crippen LogP contribution < -0.4 is 0 Å². The molecule has 7 heteroatoms. The number of nitrogens with zero attached hydrogens (tertiary/aromatic N) is 2. The van der Waals surface area contributed by atoms with Gasteiger partial charge < -0.3 is 9.47 Å². The minimum Gasteiger partial charge on any atom is -0.345 e. The number of hydrogen-bond donors (Lipinski definition) is 1. The Kier molecular flexibility index (Phi) is 2.27. The van der Waals surface area contributed by atoms with E-state index in [9.17, 15) is 10.1 Å². The van der Waals surface area contributed by atoms with E-state index >= 15 is 0 Å². The molecule has 2 aromatic rings. The molecule has 0 radical (unpaired) electrons. The number of H-pyrrole nitrogens is 1. The second-order valence-electron chi connectivity index (χ2n) is 3.67. The van der Waals surface area contributed by atoms with Gasteiger partial charge >= 0.3 is 0 Å². The number of hydrogen-bond acceptors (Lipinski definition) is 5. The van der Waals surface area contributed by atoms with Crippen molar-refractivity contribution in [1.29, 1.82) is 0 Å². The first-order valence-electron chi connectivity index (χ1n) is 5.11. The quantitative estimate of drug-likeness (QED) is 0.629. The lowest BCUT2D eigenvalue weighted by Crippen LogP contribution is -1.98. The average Bonchev–Trinajstić information content (AvgIpc) is 2.96. The van der Waals surface area contributed by atoms with Gasteiger partial charge in [0.2, 0.25) is 6.29 Å². The van der Waals surface area contributed by atoms with Crippen LogP contribution in [-0.2, 0) is 9.47 Å². The van der Waals surface area contributed by atoms with Gasteiger partial charge in [0.25, 0.3) is 5.69 Å². The summed E-state index contributed by atoms with van der Waals surface area (Å²) in [6.07, 6.45) is -0.457. The fourth-order valence-electron chi connectivity index (χ4n) is 1.84. The third-order valence-corrected chi connectivity index (χ3v) is 2.64. The number of nitrogens with one attached hydrogen (secondary N) is 1. The van der Waals surface area contributed by atoms with Crippen molar-refractivity contribution in [2.24, 2.45) is 0 Å². The summed E-state index contributed by atoms with van der Waals surface area (Å²) >= 11 is 0. The average molecular weight is 235 g/mol. The molecule has 1 saturated heterocycles. The normalized spacial score (nSPS) is 16.7. The lowest BCUT2D eigenvalue weighted by molar-refractivity contribution is -0.384. The summed E-state index contributed by atoms with van der Waals surface area (Å²) in [6.45, 7) is 1.08. The van der Waals surface area contributed by atoms with E-state index in [1.807, 2.05) is 0 Å². The van der Waals surface area contributed by atoms with E-state index in [1.54, 1.807) is 6.07 Å². The molecular formula is C10H9N3O4. The van der Waals surface area contributed by atoms with Crippen LogP contribution in [0.3, 0.4) is 0 Å². The summed E-state index contributed by atoms with van der Waals surface area (Å²) in [5.74, 6) is 0. The first-order chi connectivity index (χ1) is 8.25. The van der Waals surface area contributed by atoms with Crippen molar-refractivity contribution in [2.75, 3.05) is 13.2 Å². The molecule has 17 heavy (non-hydrogen) atoms. The zero-order valence-corrected chi connectivity index (χ0v) is 8.75. The topological polar surface area (TPSA) is 90.3 Å². The van der Waals surface area contributed by atoms with E-state index in [2.05, 4.69) is 10.2 Å². The van der Waals surface area contributed by atoms with Crippen LogP contribution in [0.15, 0.2) is 18.2 Å². The van der Waals surface area contributed by atoms with Crippen LogP contribution in [0.5, 0.6) is 0 Å². The van der Waals surface area contributed by atoms with E-state index in [0.717, 1.165) is 5.39 Å². The van der Waals surface area contributed by atoms with Crippen LogP contribution in [-0.4, -0.2) is 28.3 Å². The maximum atomic E-state index is 10.6. The van der Waals surface area contributed by atoms with Gasteiger partial charge in [-0.15, -0.1) is 0 Å².